The van der Waals surface area contributed by atoms with Crippen LogP contribution in [0.4, 0.5) is 5.69 Å². The minimum Gasteiger partial charge on any atom is -0.484 e. The fourth-order valence-corrected chi connectivity index (χ4v) is 2.84. The first-order chi connectivity index (χ1) is 13.1. The Bertz CT molecular complexity index is 833. The molecule has 0 spiro atoms. The van der Waals surface area contributed by atoms with Gasteiger partial charge in [-0.3, -0.25) is 4.79 Å². The zero-order valence-corrected chi connectivity index (χ0v) is 18.6. The molecule has 2 rings (SSSR count). The molecule has 1 atom stereocenters. The average Bonchev–Trinajstić information content (AvgIpc) is 2.62. The van der Waals surface area contributed by atoms with Crippen LogP contribution in [0.25, 0.3) is 0 Å². The maximum atomic E-state index is 12.2. The van der Waals surface area contributed by atoms with Crippen molar-refractivity contribution in [3.8, 4) is 5.75 Å². The smallest absolute Gasteiger partial charge is 0.259 e. The first kappa shape index (κ1) is 23.1. The van der Waals surface area contributed by atoms with Crippen LogP contribution in [0, 0.1) is 0 Å². The number of carbonyl (C=O) groups is 1. The van der Waals surface area contributed by atoms with Crippen LogP contribution >= 0.6 is 70.2 Å². The molecule has 1 amide bonds. The number of ether oxygens (including phenoxy) is 1. The number of thiocarbonyl (C=S) groups is 1. The zero-order chi connectivity index (χ0) is 20.7. The molecule has 0 heterocycles. The van der Waals surface area contributed by atoms with Crippen LogP contribution in [0.15, 0.2) is 48.5 Å². The minimum absolute atomic E-state index is 0.0600. The molecule has 0 saturated carbocycles. The van der Waals surface area contributed by atoms with E-state index in [2.05, 4.69) is 16.0 Å². The highest BCUT2D eigenvalue weighted by Crippen LogP contribution is 2.30. The number of halogens is 5. The topological polar surface area (TPSA) is 62.4 Å². The van der Waals surface area contributed by atoms with Crippen LogP contribution in [0.2, 0.25) is 10.0 Å². The van der Waals surface area contributed by atoms with Crippen LogP contribution in [-0.4, -0.2) is 27.6 Å². The molecule has 2 aromatic carbocycles. The summed E-state index contributed by atoms with van der Waals surface area (Å²) in [5.74, 6) is 0.0140. The Kier molecular flexibility index (Phi) is 8.74. The SMILES string of the molecule is O=C(COc1ccccc1)NC(NC(=S)Nc1cc(Cl)ccc1Cl)C(Cl)(Cl)Cl. The van der Waals surface area contributed by atoms with Gasteiger partial charge < -0.3 is 20.7 Å². The van der Waals surface area contributed by atoms with E-state index in [0.29, 0.717) is 21.5 Å². The maximum Gasteiger partial charge on any atom is 0.259 e. The van der Waals surface area contributed by atoms with Gasteiger partial charge in [-0.15, -0.1) is 0 Å². The number of rotatable bonds is 6. The largest absolute Gasteiger partial charge is 0.484 e. The van der Waals surface area contributed by atoms with E-state index < -0.39 is 15.9 Å². The number of amides is 1. The summed E-state index contributed by atoms with van der Waals surface area (Å²) < 4.78 is 3.46. The van der Waals surface area contributed by atoms with Crippen molar-refractivity contribution in [3.63, 3.8) is 0 Å². The molecule has 0 bridgehead atoms. The molecule has 0 aliphatic carbocycles. The lowest BCUT2D eigenvalue weighted by atomic mass is 10.3. The van der Waals surface area contributed by atoms with Crippen molar-refractivity contribution >= 4 is 86.9 Å². The first-order valence-corrected chi connectivity index (χ1v) is 10.0. The van der Waals surface area contributed by atoms with Gasteiger partial charge in [-0.25, -0.2) is 0 Å². The Morgan fingerprint density at radius 3 is 2.39 bits per heavy atom. The Balaban J connectivity index is 1.96. The number of benzene rings is 2. The highest BCUT2D eigenvalue weighted by atomic mass is 35.6. The number of carbonyl (C=O) groups excluding carboxylic acids is 1. The molecule has 3 N–H and O–H groups in total. The van der Waals surface area contributed by atoms with E-state index in [1.54, 1.807) is 42.5 Å². The van der Waals surface area contributed by atoms with E-state index >= 15 is 0 Å². The number of hydrogen-bond donors (Lipinski definition) is 3. The lowest BCUT2D eigenvalue weighted by Crippen LogP contribution is -2.57. The molecule has 1 unspecified atom stereocenters. The monoisotopic (exact) mass is 499 g/mol. The van der Waals surface area contributed by atoms with Crippen molar-refractivity contribution in [1.29, 1.82) is 0 Å². The quantitative estimate of drug-likeness (QED) is 0.290. The van der Waals surface area contributed by atoms with Gasteiger partial charge in [0, 0.05) is 5.02 Å². The number of alkyl halides is 3. The molecular formula is C17H14Cl5N3O2S. The number of nitrogens with one attached hydrogen (secondary N) is 3. The van der Waals surface area contributed by atoms with Crippen molar-refractivity contribution in [3.05, 3.63) is 58.6 Å². The summed E-state index contributed by atoms with van der Waals surface area (Å²) >= 11 is 35.0. The van der Waals surface area contributed by atoms with Gasteiger partial charge in [-0.05, 0) is 42.5 Å². The Morgan fingerprint density at radius 1 is 1.07 bits per heavy atom. The van der Waals surface area contributed by atoms with E-state index in [1.807, 2.05) is 6.07 Å². The maximum absolute atomic E-state index is 12.2. The van der Waals surface area contributed by atoms with Gasteiger partial charge in [0.25, 0.3) is 5.91 Å². The molecule has 0 saturated heterocycles. The number of hydrogen-bond acceptors (Lipinski definition) is 3. The van der Waals surface area contributed by atoms with Gasteiger partial charge in [-0.1, -0.05) is 76.2 Å². The zero-order valence-electron chi connectivity index (χ0n) is 14.0. The summed E-state index contributed by atoms with van der Waals surface area (Å²) in [5, 5.41) is 8.96. The normalized spacial score (nSPS) is 12.0. The van der Waals surface area contributed by atoms with Crippen molar-refractivity contribution in [2.24, 2.45) is 0 Å². The number of anilines is 1. The van der Waals surface area contributed by atoms with Crippen LogP contribution in [0.5, 0.6) is 5.75 Å². The summed E-state index contributed by atoms with van der Waals surface area (Å²) in [4.78, 5) is 12.2. The third kappa shape index (κ3) is 7.70. The fourth-order valence-electron chi connectivity index (χ4n) is 1.95. The Morgan fingerprint density at radius 2 is 1.75 bits per heavy atom. The van der Waals surface area contributed by atoms with Gasteiger partial charge in [-0.2, -0.15) is 0 Å². The third-order valence-electron chi connectivity index (χ3n) is 3.20. The minimum atomic E-state index is -1.90. The van der Waals surface area contributed by atoms with Crippen molar-refractivity contribution in [1.82, 2.24) is 10.6 Å². The second kappa shape index (κ2) is 10.6. The average molecular weight is 502 g/mol. The number of para-hydroxylation sites is 1. The molecule has 11 heteroatoms. The summed E-state index contributed by atoms with van der Waals surface area (Å²) in [5.41, 5.74) is 0.452. The Labute approximate surface area is 192 Å². The highest BCUT2D eigenvalue weighted by Gasteiger charge is 2.34. The second-order valence-electron chi connectivity index (χ2n) is 5.37. The van der Waals surface area contributed by atoms with Crippen molar-refractivity contribution in [2.75, 3.05) is 11.9 Å². The van der Waals surface area contributed by atoms with Crippen LogP contribution < -0.4 is 20.7 Å². The third-order valence-corrected chi connectivity index (χ3v) is 4.64. The molecule has 0 radical (unpaired) electrons. The molecule has 150 valence electrons. The molecule has 0 aliphatic rings. The molecule has 28 heavy (non-hydrogen) atoms. The Hall–Kier alpha value is -1.15. The van der Waals surface area contributed by atoms with Gasteiger partial charge in [0.15, 0.2) is 11.7 Å². The summed E-state index contributed by atoms with van der Waals surface area (Å²) in [6.45, 7) is -0.275. The predicted octanol–water partition coefficient (Wildman–Crippen LogP) is 5.17. The molecular weight excluding hydrogens is 488 g/mol. The fraction of sp³-hybridized carbons (Fsp3) is 0.176. The van der Waals surface area contributed by atoms with E-state index in [-0.39, 0.29) is 11.7 Å². The van der Waals surface area contributed by atoms with Gasteiger partial charge >= 0.3 is 0 Å². The van der Waals surface area contributed by atoms with Gasteiger partial charge in [0.2, 0.25) is 3.79 Å². The first-order valence-electron chi connectivity index (χ1n) is 7.71. The van der Waals surface area contributed by atoms with Crippen molar-refractivity contribution in [2.45, 2.75) is 9.96 Å². The molecule has 0 aromatic heterocycles. The van der Waals surface area contributed by atoms with E-state index in [9.17, 15) is 4.79 Å². The van der Waals surface area contributed by atoms with Crippen molar-refractivity contribution < 1.29 is 9.53 Å². The van der Waals surface area contributed by atoms with Gasteiger partial charge in [0.1, 0.15) is 11.9 Å². The van der Waals surface area contributed by atoms with E-state index in [1.165, 1.54) is 0 Å². The lowest BCUT2D eigenvalue weighted by molar-refractivity contribution is -0.123. The lowest BCUT2D eigenvalue weighted by Gasteiger charge is -2.27. The summed E-state index contributed by atoms with van der Waals surface area (Å²) in [6, 6.07) is 13.6. The standard InChI is InChI=1S/C17H14Cl5N3O2S/c18-10-6-7-12(19)13(8-10)23-16(28)25-15(17(20,21)22)24-14(26)9-27-11-4-2-1-3-5-11/h1-8,15H,9H2,(H,24,26)(H2,23,25,28). The van der Waals surface area contributed by atoms with Gasteiger partial charge in [0.05, 0.1) is 10.7 Å². The molecule has 0 aliphatic heterocycles. The molecule has 2 aromatic rings. The summed E-state index contributed by atoms with van der Waals surface area (Å²) in [6.07, 6.45) is -1.14. The summed E-state index contributed by atoms with van der Waals surface area (Å²) in [7, 11) is 0. The molecule has 5 nitrogen and oxygen atoms in total. The highest BCUT2D eigenvalue weighted by molar-refractivity contribution is 7.80. The van der Waals surface area contributed by atoms with E-state index in [0.717, 1.165) is 0 Å². The van der Waals surface area contributed by atoms with Crippen LogP contribution in [0.3, 0.4) is 0 Å². The van der Waals surface area contributed by atoms with Crippen LogP contribution in [0.1, 0.15) is 0 Å². The second-order valence-corrected chi connectivity index (χ2v) is 8.99. The molecule has 0 fully saturated rings. The van der Waals surface area contributed by atoms with Crippen LogP contribution in [-0.2, 0) is 4.79 Å². The van der Waals surface area contributed by atoms with E-state index in [4.69, 9.17) is 75.0 Å². The predicted molar refractivity (Wildman–Crippen MR) is 120 cm³/mol.